The first kappa shape index (κ1) is 16.9. The van der Waals surface area contributed by atoms with Crippen molar-refractivity contribution in [2.75, 3.05) is 36.7 Å². The van der Waals surface area contributed by atoms with Crippen LogP contribution in [0, 0.1) is 0 Å². The maximum atomic E-state index is 11.8. The fraction of sp³-hybridized carbons (Fsp3) is 0.533. The number of nitrogen functional groups attached to an aromatic ring is 1. The molecule has 3 N–H and O–H groups in total. The molecule has 0 radical (unpaired) electrons. The number of hydrogen-bond donors (Lipinski definition) is 2. The Bertz CT molecular complexity index is 425. The van der Waals surface area contributed by atoms with Crippen LogP contribution in [0.3, 0.4) is 0 Å². The van der Waals surface area contributed by atoms with Crippen molar-refractivity contribution >= 4 is 29.0 Å². The van der Waals surface area contributed by atoms with Gasteiger partial charge in [0.25, 0.3) is 0 Å². The Balaban J connectivity index is 2.26. The van der Waals surface area contributed by atoms with Gasteiger partial charge in [-0.25, -0.2) is 0 Å². The van der Waals surface area contributed by atoms with Crippen LogP contribution in [-0.2, 0) is 4.79 Å². The number of nitrogens with one attached hydrogen (secondary N) is 1. The fourth-order valence-electron chi connectivity index (χ4n) is 1.92. The molecule has 5 heteroatoms. The molecule has 0 fully saturated rings. The molecule has 0 bridgehead atoms. The summed E-state index contributed by atoms with van der Waals surface area (Å²) in [4.78, 5) is 14.1. The minimum absolute atomic E-state index is 0.0431. The maximum Gasteiger partial charge on any atom is 0.224 e. The van der Waals surface area contributed by atoms with Crippen LogP contribution in [0.25, 0.3) is 0 Å². The molecule has 1 atom stereocenters. The number of carbonyl (C=O) groups is 1. The first-order valence-corrected chi connectivity index (χ1v) is 8.27. The van der Waals surface area contributed by atoms with Crippen molar-refractivity contribution in [2.45, 2.75) is 25.8 Å². The van der Waals surface area contributed by atoms with Gasteiger partial charge >= 0.3 is 0 Å². The summed E-state index contributed by atoms with van der Waals surface area (Å²) in [6, 6.07) is 7.80. The monoisotopic (exact) mass is 295 g/mol. The van der Waals surface area contributed by atoms with Gasteiger partial charge in [-0.3, -0.25) is 4.79 Å². The Hall–Kier alpha value is -1.20. The fourth-order valence-corrected chi connectivity index (χ4v) is 2.65. The highest BCUT2D eigenvalue weighted by atomic mass is 32.2. The SMILES string of the molecule is CSCC(C)N(C)CCCC(=O)Nc1cccc(N)c1. The van der Waals surface area contributed by atoms with Crippen LogP contribution in [0.2, 0.25) is 0 Å². The molecule has 1 rings (SSSR count). The Morgan fingerprint density at radius 2 is 2.25 bits per heavy atom. The number of carbonyl (C=O) groups excluding carboxylic acids is 1. The minimum Gasteiger partial charge on any atom is -0.399 e. The van der Waals surface area contributed by atoms with E-state index in [1.54, 1.807) is 12.1 Å². The number of thioether (sulfide) groups is 1. The van der Waals surface area contributed by atoms with Gasteiger partial charge in [-0.1, -0.05) is 6.07 Å². The van der Waals surface area contributed by atoms with Gasteiger partial charge < -0.3 is 16.0 Å². The molecule has 0 aromatic heterocycles. The average Bonchev–Trinajstić information content (AvgIpc) is 2.38. The number of nitrogens with zero attached hydrogens (tertiary/aromatic N) is 1. The summed E-state index contributed by atoms with van der Waals surface area (Å²) in [5, 5.41) is 2.87. The molecule has 1 amide bonds. The van der Waals surface area contributed by atoms with Crippen molar-refractivity contribution in [1.82, 2.24) is 4.90 Å². The van der Waals surface area contributed by atoms with Crippen LogP contribution >= 0.6 is 11.8 Å². The summed E-state index contributed by atoms with van der Waals surface area (Å²) < 4.78 is 0. The molecule has 0 saturated heterocycles. The van der Waals surface area contributed by atoms with E-state index in [2.05, 4.69) is 30.4 Å². The third kappa shape index (κ3) is 6.30. The summed E-state index contributed by atoms with van der Waals surface area (Å²) in [7, 11) is 2.11. The third-order valence-corrected chi connectivity index (χ3v) is 4.06. The molecule has 20 heavy (non-hydrogen) atoms. The van der Waals surface area contributed by atoms with Crippen LogP contribution in [0.5, 0.6) is 0 Å². The number of nitrogens with two attached hydrogens (primary N) is 1. The molecular formula is C15H25N3OS. The van der Waals surface area contributed by atoms with E-state index in [1.807, 2.05) is 23.9 Å². The van der Waals surface area contributed by atoms with Gasteiger partial charge in [0.1, 0.15) is 0 Å². The number of benzene rings is 1. The van der Waals surface area contributed by atoms with E-state index in [0.29, 0.717) is 18.2 Å². The molecule has 0 aliphatic carbocycles. The van der Waals surface area contributed by atoms with E-state index >= 15 is 0 Å². The maximum absolute atomic E-state index is 11.8. The number of amides is 1. The first-order chi connectivity index (χ1) is 9.52. The highest BCUT2D eigenvalue weighted by molar-refractivity contribution is 7.98. The zero-order valence-electron chi connectivity index (χ0n) is 12.6. The number of rotatable bonds is 8. The van der Waals surface area contributed by atoms with Crippen molar-refractivity contribution in [3.8, 4) is 0 Å². The summed E-state index contributed by atoms with van der Waals surface area (Å²) in [6.45, 7) is 3.15. The van der Waals surface area contributed by atoms with E-state index in [1.165, 1.54) is 0 Å². The van der Waals surface area contributed by atoms with Crippen molar-refractivity contribution < 1.29 is 4.79 Å². The molecule has 0 aliphatic rings. The van der Waals surface area contributed by atoms with Gasteiger partial charge in [-0.15, -0.1) is 0 Å². The summed E-state index contributed by atoms with van der Waals surface area (Å²) in [5.74, 6) is 1.16. The standard InChI is InChI=1S/C15H25N3OS/c1-12(11-20-3)18(2)9-5-8-15(19)17-14-7-4-6-13(16)10-14/h4,6-7,10,12H,5,8-9,11,16H2,1-3H3,(H,17,19). The minimum atomic E-state index is 0.0431. The molecule has 1 aromatic rings. The normalized spacial score (nSPS) is 12.4. The zero-order chi connectivity index (χ0) is 15.0. The van der Waals surface area contributed by atoms with Crippen LogP contribution in [-0.4, -0.2) is 42.4 Å². The second-order valence-electron chi connectivity index (χ2n) is 5.06. The molecule has 4 nitrogen and oxygen atoms in total. The molecule has 112 valence electrons. The van der Waals surface area contributed by atoms with Gasteiger partial charge in [0.2, 0.25) is 5.91 Å². The van der Waals surface area contributed by atoms with Crippen molar-refractivity contribution in [1.29, 1.82) is 0 Å². The molecule has 0 aliphatic heterocycles. The lowest BCUT2D eigenvalue weighted by Gasteiger charge is -2.23. The molecule has 0 spiro atoms. The highest BCUT2D eigenvalue weighted by Gasteiger charge is 2.09. The summed E-state index contributed by atoms with van der Waals surface area (Å²) in [5.41, 5.74) is 7.10. The van der Waals surface area contributed by atoms with Crippen molar-refractivity contribution in [2.24, 2.45) is 0 Å². The average molecular weight is 295 g/mol. The second kappa shape index (κ2) is 8.87. The van der Waals surface area contributed by atoms with E-state index in [0.717, 1.165) is 24.4 Å². The smallest absolute Gasteiger partial charge is 0.224 e. The predicted molar refractivity (Wildman–Crippen MR) is 89.2 cm³/mol. The topological polar surface area (TPSA) is 58.4 Å². The van der Waals surface area contributed by atoms with E-state index < -0.39 is 0 Å². The molecule has 1 aromatic carbocycles. The van der Waals surface area contributed by atoms with Gasteiger partial charge in [0, 0.05) is 29.6 Å². The lowest BCUT2D eigenvalue weighted by Crippen LogP contribution is -2.32. The van der Waals surface area contributed by atoms with E-state index in [4.69, 9.17) is 5.73 Å². The van der Waals surface area contributed by atoms with Gasteiger partial charge in [0.15, 0.2) is 0 Å². The van der Waals surface area contributed by atoms with Crippen molar-refractivity contribution in [3.05, 3.63) is 24.3 Å². The molecule has 0 heterocycles. The second-order valence-corrected chi connectivity index (χ2v) is 5.97. The van der Waals surface area contributed by atoms with Crippen LogP contribution in [0.1, 0.15) is 19.8 Å². The van der Waals surface area contributed by atoms with E-state index in [9.17, 15) is 4.79 Å². The number of anilines is 2. The van der Waals surface area contributed by atoms with Crippen LogP contribution in [0.15, 0.2) is 24.3 Å². The Labute approximate surface area is 126 Å². The largest absolute Gasteiger partial charge is 0.399 e. The third-order valence-electron chi connectivity index (χ3n) is 3.25. The Morgan fingerprint density at radius 3 is 2.90 bits per heavy atom. The summed E-state index contributed by atoms with van der Waals surface area (Å²) >= 11 is 1.85. The Morgan fingerprint density at radius 1 is 1.50 bits per heavy atom. The molecule has 1 unspecified atom stereocenters. The highest BCUT2D eigenvalue weighted by Crippen LogP contribution is 2.12. The quantitative estimate of drug-likeness (QED) is 0.724. The lowest BCUT2D eigenvalue weighted by molar-refractivity contribution is -0.116. The lowest BCUT2D eigenvalue weighted by atomic mass is 10.2. The van der Waals surface area contributed by atoms with Gasteiger partial charge in [0.05, 0.1) is 0 Å². The van der Waals surface area contributed by atoms with Crippen molar-refractivity contribution in [3.63, 3.8) is 0 Å². The molecule has 0 saturated carbocycles. The van der Waals surface area contributed by atoms with Gasteiger partial charge in [-0.05, 0) is 51.4 Å². The van der Waals surface area contributed by atoms with Crippen LogP contribution < -0.4 is 11.1 Å². The van der Waals surface area contributed by atoms with Crippen LogP contribution in [0.4, 0.5) is 11.4 Å². The van der Waals surface area contributed by atoms with E-state index in [-0.39, 0.29) is 5.91 Å². The molecular weight excluding hydrogens is 270 g/mol. The predicted octanol–water partition coefficient (Wildman–Crippen LogP) is 2.67. The summed E-state index contributed by atoms with van der Waals surface area (Å²) in [6.07, 6.45) is 3.51. The Kier molecular flexibility index (Phi) is 7.47. The van der Waals surface area contributed by atoms with Gasteiger partial charge in [-0.2, -0.15) is 11.8 Å². The first-order valence-electron chi connectivity index (χ1n) is 6.87. The number of hydrogen-bond acceptors (Lipinski definition) is 4. The zero-order valence-corrected chi connectivity index (χ0v) is 13.4.